The van der Waals surface area contributed by atoms with E-state index in [0.29, 0.717) is 5.57 Å². The Morgan fingerprint density at radius 3 is 2.70 bits per heavy atom. The lowest BCUT2D eigenvalue weighted by atomic mass is 10.1. The quantitative estimate of drug-likeness (QED) is 0.454. The minimum atomic E-state index is -0.567. The van der Waals surface area contributed by atoms with Gasteiger partial charge in [-0.25, -0.2) is 0 Å². The van der Waals surface area contributed by atoms with E-state index in [1.165, 1.54) is 0 Å². The second-order valence-corrected chi connectivity index (χ2v) is 2.16. The predicted octanol–water partition coefficient (Wildman–Crippen LogP) is 0.482. The second kappa shape index (κ2) is 3.86. The number of terminal acetylenes is 1. The van der Waals surface area contributed by atoms with Crippen molar-refractivity contribution in [2.45, 2.75) is 19.4 Å². The van der Waals surface area contributed by atoms with Gasteiger partial charge in [0, 0.05) is 6.42 Å². The molecular formula is C8H11NO. The minimum Gasteiger partial charge on any atom is -0.320 e. The van der Waals surface area contributed by atoms with E-state index in [1.807, 2.05) is 0 Å². The molecule has 10 heavy (non-hydrogen) atoms. The van der Waals surface area contributed by atoms with Crippen LogP contribution in [0.4, 0.5) is 0 Å². The molecule has 2 N–H and O–H groups in total. The molecule has 0 aliphatic carbocycles. The Morgan fingerprint density at radius 1 is 1.90 bits per heavy atom. The van der Waals surface area contributed by atoms with E-state index in [-0.39, 0.29) is 12.2 Å². The largest absolute Gasteiger partial charge is 0.320 e. The summed E-state index contributed by atoms with van der Waals surface area (Å²) < 4.78 is 0. The third-order valence-corrected chi connectivity index (χ3v) is 1.10. The highest BCUT2D eigenvalue weighted by molar-refractivity contribution is 5.98. The molecule has 0 saturated carbocycles. The summed E-state index contributed by atoms with van der Waals surface area (Å²) in [5.41, 5.74) is 5.84. The molecule has 0 aliphatic heterocycles. The van der Waals surface area contributed by atoms with Crippen LogP contribution in [0.15, 0.2) is 12.2 Å². The fourth-order valence-corrected chi connectivity index (χ4v) is 0.536. The Bertz CT molecular complexity index is 188. The molecule has 0 rings (SSSR count). The molecule has 2 nitrogen and oxygen atoms in total. The van der Waals surface area contributed by atoms with E-state index < -0.39 is 6.04 Å². The zero-order valence-electron chi connectivity index (χ0n) is 6.05. The van der Waals surface area contributed by atoms with Gasteiger partial charge in [0.15, 0.2) is 5.78 Å². The molecule has 0 aromatic heterocycles. The van der Waals surface area contributed by atoms with Gasteiger partial charge in [-0.3, -0.25) is 4.79 Å². The molecule has 0 bridgehead atoms. The topological polar surface area (TPSA) is 43.1 Å². The molecule has 1 unspecified atom stereocenters. The van der Waals surface area contributed by atoms with Gasteiger partial charge in [-0.15, -0.1) is 12.3 Å². The summed E-state index contributed by atoms with van der Waals surface area (Å²) in [5.74, 6) is 2.16. The molecule has 0 heterocycles. The number of carbonyl (C=O) groups excluding carboxylic acids is 1. The summed E-state index contributed by atoms with van der Waals surface area (Å²) in [7, 11) is 0. The summed E-state index contributed by atoms with van der Waals surface area (Å²) in [6.45, 7) is 5.08. The Labute approximate surface area is 61.1 Å². The first-order valence-corrected chi connectivity index (χ1v) is 2.98. The maximum absolute atomic E-state index is 10.9. The monoisotopic (exact) mass is 137 g/mol. The van der Waals surface area contributed by atoms with Crippen molar-refractivity contribution < 1.29 is 4.79 Å². The van der Waals surface area contributed by atoms with E-state index in [1.54, 1.807) is 6.92 Å². The van der Waals surface area contributed by atoms with Crippen LogP contribution in [0.2, 0.25) is 0 Å². The van der Waals surface area contributed by atoms with E-state index in [2.05, 4.69) is 12.5 Å². The van der Waals surface area contributed by atoms with Gasteiger partial charge in [-0.1, -0.05) is 6.58 Å². The first-order valence-electron chi connectivity index (χ1n) is 2.98. The number of nitrogens with two attached hydrogens (primary N) is 1. The molecule has 1 atom stereocenters. The molecule has 0 aromatic carbocycles. The van der Waals surface area contributed by atoms with Crippen molar-refractivity contribution in [3.8, 4) is 12.3 Å². The predicted molar refractivity (Wildman–Crippen MR) is 41.2 cm³/mol. The van der Waals surface area contributed by atoms with Gasteiger partial charge in [0.05, 0.1) is 6.04 Å². The van der Waals surface area contributed by atoms with Crippen molar-refractivity contribution in [1.82, 2.24) is 0 Å². The zero-order chi connectivity index (χ0) is 8.15. The number of carbonyl (C=O) groups is 1. The second-order valence-electron chi connectivity index (χ2n) is 2.16. The van der Waals surface area contributed by atoms with Crippen LogP contribution in [0.1, 0.15) is 13.3 Å². The van der Waals surface area contributed by atoms with Crippen LogP contribution in [-0.4, -0.2) is 11.8 Å². The maximum Gasteiger partial charge on any atom is 0.175 e. The molecule has 0 saturated heterocycles. The first-order chi connectivity index (χ1) is 4.59. The van der Waals surface area contributed by atoms with Crippen LogP contribution in [0.25, 0.3) is 0 Å². The van der Waals surface area contributed by atoms with Crippen LogP contribution in [0, 0.1) is 12.3 Å². The minimum absolute atomic E-state index is 0.155. The van der Waals surface area contributed by atoms with Gasteiger partial charge in [0.25, 0.3) is 0 Å². The van der Waals surface area contributed by atoms with Gasteiger partial charge in [0.1, 0.15) is 0 Å². The van der Waals surface area contributed by atoms with Gasteiger partial charge in [-0.05, 0) is 12.5 Å². The lowest BCUT2D eigenvalue weighted by Gasteiger charge is -2.04. The van der Waals surface area contributed by atoms with Crippen LogP contribution in [0.5, 0.6) is 0 Å². The summed E-state index contributed by atoms with van der Waals surface area (Å²) >= 11 is 0. The van der Waals surface area contributed by atoms with Crippen molar-refractivity contribution in [2.24, 2.45) is 5.73 Å². The average molecular weight is 137 g/mol. The number of rotatable bonds is 3. The fourth-order valence-electron chi connectivity index (χ4n) is 0.536. The SMILES string of the molecule is C#CCC(N)C(=O)C(=C)C. The normalized spacial score (nSPS) is 11.7. The number of hydrogen-bond donors (Lipinski definition) is 1. The molecule has 0 radical (unpaired) electrons. The van der Waals surface area contributed by atoms with E-state index in [0.717, 1.165) is 0 Å². The molecule has 0 aliphatic rings. The molecule has 2 heteroatoms. The van der Waals surface area contributed by atoms with Gasteiger partial charge in [0.2, 0.25) is 0 Å². The molecule has 54 valence electrons. The standard InChI is InChI=1S/C8H11NO/c1-4-5-7(9)8(10)6(2)3/h1,7H,2,5,9H2,3H3. The number of ketones is 1. The smallest absolute Gasteiger partial charge is 0.175 e. The fraction of sp³-hybridized carbons (Fsp3) is 0.375. The van der Waals surface area contributed by atoms with Gasteiger partial charge >= 0.3 is 0 Å². The third kappa shape index (κ3) is 2.47. The van der Waals surface area contributed by atoms with Gasteiger partial charge in [-0.2, -0.15) is 0 Å². The number of Topliss-reactive ketones (excluding diaryl/α,β-unsaturated/α-hetero) is 1. The van der Waals surface area contributed by atoms with Crippen LogP contribution in [-0.2, 0) is 4.79 Å². The highest BCUT2D eigenvalue weighted by Crippen LogP contribution is 1.96. The molecular weight excluding hydrogens is 126 g/mol. The van der Waals surface area contributed by atoms with E-state index in [9.17, 15) is 4.79 Å². The third-order valence-electron chi connectivity index (χ3n) is 1.10. The molecule has 0 aromatic rings. The highest BCUT2D eigenvalue weighted by Gasteiger charge is 2.11. The highest BCUT2D eigenvalue weighted by atomic mass is 16.1. The van der Waals surface area contributed by atoms with Crippen molar-refractivity contribution >= 4 is 5.78 Å². The van der Waals surface area contributed by atoms with Crippen molar-refractivity contribution in [3.05, 3.63) is 12.2 Å². The average Bonchev–Trinajstić information content (AvgIpc) is 1.87. The number of hydrogen-bond acceptors (Lipinski definition) is 2. The summed E-state index contributed by atoms with van der Waals surface area (Å²) in [6, 6.07) is -0.567. The van der Waals surface area contributed by atoms with Crippen LogP contribution in [0.3, 0.4) is 0 Å². The lowest BCUT2D eigenvalue weighted by molar-refractivity contribution is -0.116. The maximum atomic E-state index is 10.9. The van der Waals surface area contributed by atoms with E-state index in [4.69, 9.17) is 12.2 Å². The Kier molecular flexibility index (Phi) is 3.45. The van der Waals surface area contributed by atoms with Crippen molar-refractivity contribution in [3.63, 3.8) is 0 Å². The van der Waals surface area contributed by atoms with Crippen LogP contribution >= 0.6 is 0 Å². The van der Waals surface area contributed by atoms with Crippen molar-refractivity contribution in [1.29, 1.82) is 0 Å². The molecule has 0 spiro atoms. The first kappa shape index (κ1) is 8.93. The summed E-state index contributed by atoms with van der Waals surface area (Å²) in [5, 5.41) is 0. The molecule has 0 fully saturated rings. The Hall–Kier alpha value is -1.07. The Morgan fingerprint density at radius 2 is 2.40 bits per heavy atom. The lowest BCUT2D eigenvalue weighted by Crippen LogP contribution is -2.30. The Balaban J connectivity index is 3.98. The van der Waals surface area contributed by atoms with Crippen LogP contribution < -0.4 is 5.73 Å². The molecule has 0 amide bonds. The van der Waals surface area contributed by atoms with Crippen molar-refractivity contribution in [2.75, 3.05) is 0 Å². The summed E-state index contributed by atoms with van der Waals surface area (Å²) in [4.78, 5) is 10.9. The zero-order valence-corrected chi connectivity index (χ0v) is 6.05. The van der Waals surface area contributed by atoms with Gasteiger partial charge < -0.3 is 5.73 Å². The summed E-state index contributed by atoms with van der Waals surface area (Å²) in [6.07, 6.45) is 5.24. The van der Waals surface area contributed by atoms with E-state index >= 15 is 0 Å².